The monoisotopic (exact) mass is 393 g/mol. The molecular weight excluding hydrogens is 366 g/mol. The first kappa shape index (κ1) is 23.2. The summed E-state index contributed by atoms with van der Waals surface area (Å²) in [5.41, 5.74) is 3.85. The fourth-order valence-corrected chi connectivity index (χ4v) is 2.40. The summed E-state index contributed by atoms with van der Waals surface area (Å²) in [4.78, 5) is 27.0. The molecule has 0 saturated heterocycles. The second-order valence-electron chi connectivity index (χ2n) is 7.24. The van der Waals surface area contributed by atoms with Crippen molar-refractivity contribution in [2.75, 3.05) is 6.54 Å². The number of amides is 1. The van der Waals surface area contributed by atoms with Crippen LogP contribution in [0.25, 0.3) is 0 Å². The molecule has 0 aromatic heterocycles. The molecule has 1 amide bonds. The maximum absolute atomic E-state index is 12.3. The van der Waals surface area contributed by atoms with Crippen LogP contribution in [0, 0.1) is 27.9 Å². The lowest BCUT2D eigenvalue weighted by molar-refractivity contribution is -0.767. The normalized spacial score (nSPS) is 15.4. The molecule has 0 radical (unpaired) electrons. The number of hydrogen-bond acceptors (Lipinski definition) is 7. The van der Waals surface area contributed by atoms with Gasteiger partial charge in [0.25, 0.3) is 5.09 Å². The van der Waals surface area contributed by atoms with Crippen molar-refractivity contribution in [3.63, 3.8) is 0 Å². The maximum atomic E-state index is 12.3. The highest BCUT2D eigenvalue weighted by atomic mass is 17.0. The standard InChI is InChI=1S/C19H27N3O6/c1-5-18(3,4)11-16(23)19(20,27-15-9-7-6-8-10-15)12-17(24)21-13-14(2)28-22(25)26/h1,6-10,14,16,23H,11-13,20H2,2-4H3,(H,21,24). The molecule has 1 aromatic carbocycles. The van der Waals surface area contributed by atoms with E-state index in [9.17, 15) is 20.0 Å². The Hall–Kier alpha value is -2.83. The second kappa shape index (κ2) is 9.92. The maximum Gasteiger partial charge on any atom is 0.294 e. The average Bonchev–Trinajstić information content (AvgIpc) is 2.60. The van der Waals surface area contributed by atoms with Crippen molar-refractivity contribution in [3.8, 4) is 18.1 Å². The molecule has 0 saturated carbocycles. The Labute approximate surface area is 164 Å². The van der Waals surface area contributed by atoms with Crippen LogP contribution in [0.4, 0.5) is 0 Å². The molecular formula is C19H27N3O6. The van der Waals surface area contributed by atoms with Gasteiger partial charge in [-0.15, -0.1) is 22.5 Å². The largest absolute Gasteiger partial charge is 0.470 e. The zero-order chi connectivity index (χ0) is 21.4. The fraction of sp³-hybridized carbons (Fsp3) is 0.526. The molecule has 0 spiro atoms. The summed E-state index contributed by atoms with van der Waals surface area (Å²) in [5, 5.41) is 22.6. The van der Waals surface area contributed by atoms with Gasteiger partial charge in [-0.05, 0) is 39.3 Å². The number of nitrogens with one attached hydrogen (secondary N) is 1. The van der Waals surface area contributed by atoms with Crippen molar-refractivity contribution in [1.82, 2.24) is 5.32 Å². The minimum atomic E-state index is -1.76. The number of terminal acetylenes is 1. The second-order valence-corrected chi connectivity index (χ2v) is 7.24. The Morgan fingerprint density at radius 3 is 2.57 bits per heavy atom. The molecule has 0 aliphatic carbocycles. The van der Waals surface area contributed by atoms with Crippen LogP contribution in [0.1, 0.15) is 33.6 Å². The van der Waals surface area contributed by atoms with E-state index in [0.29, 0.717) is 5.75 Å². The summed E-state index contributed by atoms with van der Waals surface area (Å²) in [6.45, 7) is 4.85. The molecule has 3 atom stereocenters. The van der Waals surface area contributed by atoms with E-state index in [-0.39, 0.29) is 13.0 Å². The Morgan fingerprint density at radius 2 is 2.04 bits per heavy atom. The van der Waals surface area contributed by atoms with Crippen molar-refractivity contribution in [1.29, 1.82) is 0 Å². The van der Waals surface area contributed by atoms with Crippen LogP contribution in [0.2, 0.25) is 0 Å². The molecule has 28 heavy (non-hydrogen) atoms. The minimum Gasteiger partial charge on any atom is -0.470 e. The van der Waals surface area contributed by atoms with Crippen molar-refractivity contribution in [2.24, 2.45) is 11.1 Å². The van der Waals surface area contributed by atoms with E-state index < -0.39 is 40.8 Å². The van der Waals surface area contributed by atoms with Gasteiger partial charge in [0.2, 0.25) is 5.91 Å². The van der Waals surface area contributed by atoms with Gasteiger partial charge >= 0.3 is 0 Å². The topological polar surface area (TPSA) is 137 Å². The number of hydrogen-bond donors (Lipinski definition) is 3. The molecule has 9 nitrogen and oxygen atoms in total. The summed E-state index contributed by atoms with van der Waals surface area (Å²) in [7, 11) is 0. The minimum absolute atomic E-state index is 0.0982. The van der Waals surface area contributed by atoms with Crippen molar-refractivity contribution < 1.29 is 24.6 Å². The van der Waals surface area contributed by atoms with Crippen LogP contribution < -0.4 is 15.8 Å². The first-order valence-corrected chi connectivity index (χ1v) is 8.74. The molecule has 1 aromatic rings. The summed E-state index contributed by atoms with van der Waals surface area (Å²) < 4.78 is 5.76. The SMILES string of the molecule is C#CC(C)(C)CC(O)C(N)(CC(=O)NCC(C)O[N+](=O)[O-])Oc1ccccc1. The highest BCUT2D eigenvalue weighted by Gasteiger charge is 2.41. The van der Waals surface area contributed by atoms with Gasteiger partial charge in [-0.2, -0.15) is 0 Å². The predicted octanol–water partition coefficient (Wildman–Crippen LogP) is 1.23. The van der Waals surface area contributed by atoms with Crippen molar-refractivity contribution in [2.45, 2.75) is 51.5 Å². The quantitative estimate of drug-likeness (QED) is 0.223. The van der Waals surface area contributed by atoms with E-state index in [1.165, 1.54) is 6.92 Å². The van der Waals surface area contributed by atoms with Gasteiger partial charge in [0.05, 0.1) is 6.42 Å². The lowest BCUT2D eigenvalue weighted by Gasteiger charge is -2.37. The Kier molecular flexibility index (Phi) is 8.22. The van der Waals surface area contributed by atoms with Gasteiger partial charge < -0.3 is 20.0 Å². The van der Waals surface area contributed by atoms with Crippen LogP contribution in [0.15, 0.2) is 30.3 Å². The van der Waals surface area contributed by atoms with Crippen molar-refractivity contribution >= 4 is 5.91 Å². The lowest BCUT2D eigenvalue weighted by atomic mass is 9.83. The van der Waals surface area contributed by atoms with Crippen LogP contribution in [0.5, 0.6) is 5.75 Å². The number of benzene rings is 1. The number of rotatable bonds is 11. The van der Waals surface area contributed by atoms with E-state index in [0.717, 1.165) is 0 Å². The summed E-state index contributed by atoms with van der Waals surface area (Å²) in [6, 6.07) is 8.53. The van der Waals surface area contributed by atoms with Gasteiger partial charge in [0.1, 0.15) is 18.0 Å². The van der Waals surface area contributed by atoms with Gasteiger partial charge in [-0.25, -0.2) is 0 Å². The number of nitrogens with zero attached hydrogens (tertiary/aromatic N) is 1. The molecule has 154 valence electrons. The van der Waals surface area contributed by atoms with Crippen LogP contribution in [-0.4, -0.2) is 40.6 Å². The molecule has 0 aliphatic heterocycles. The number of carbonyl (C=O) groups is 1. The molecule has 9 heteroatoms. The highest BCUT2D eigenvalue weighted by molar-refractivity contribution is 5.77. The fourth-order valence-electron chi connectivity index (χ4n) is 2.40. The molecule has 0 heterocycles. The zero-order valence-electron chi connectivity index (χ0n) is 16.3. The van der Waals surface area contributed by atoms with Crippen molar-refractivity contribution in [3.05, 3.63) is 40.4 Å². The van der Waals surface area contributed by atoms with E-state index >= 15 is 0 Å². The number of nitrogens with two attached hydrogens (primary N) is 1. The Balaban J connectivity index is 2.89. The van der Waals surface area contributed by atoms with Crippen LogP contribution in [-0.2, 0) is 9.63 Å². The molecule has 4 N–H and O–H groups in total. The van der Waals surface area contributed by atoms with E-state index in [1.807, 2.05) is 0 Å². The molecule has 0 fully saturated rings. The Bertz CT molecular complexity index is 703. The van der Waals surface area contributed by atoms with Gasteiger partial charge in [-0.3, -0.25) is 10.5 Å². The number of aliphatic hydroxyl groups is 1. The summed E-state index contributed by atoms with van der Waals surface area (Å²) in [5.74, 6) is 2.38. The van der Waals surface area contributed by atoms with Gasteiger partial charge in [0.15, 0.2) is 5.72 Å². The molecule has 0 bridgehead atoms. The Morgan fingerprint density at radius 1 is 1.43 bits per heavy atom. The van der Waals surface area contributed by atoms with Crippen LogP contribution in [0.3, 0.4) is 0 Å². The third-order valence-electron chi connectivity index (χ3n) is 4.00. The highest BCUT2D eigenvalue weighted by Crippen LogP contribution is 2.29. The number of ether oxygens (including phenoxy) is 1. The number of aliphatic hydroxyl groups excluding tert-OH is 1. The molecule has 3 unspecified atom stereocenters. The summed E-state index contributed by atoms with van der Waals surface area (Å²) in [6.07, 6.45) is 3.09. The zero-order valence-corrected chi connectivity index (χ0v) is 16.3. The van der Waals surface area contributed by atoms with Gasteiger partial charge in [0, 0.05) is 12.0 Å². The molecule has 1 rings (SSSR count). The first-order chi connectivity index (χ1) is 13.0. The number of para-hydroxylation sites is 1. The smallest absolute Gasteiger partial charge is 0.294 e. The lowest BCUT2D eigenvalue weighted by Crippen LogP contribution is -2.59. The first-order valence-electron chi connectivity index (χ1n) is 8.74. The predicted molar refractivity (Wildman–Crippen MR) is 102 cm³/mol. The third kappa shape index (κ3) is 7.82. The molecule has 0 aliphatic rings. The van der Waals surface area contributed by atoms with E-state index in [2.05, 4.69) is 16.1 Å². The summed E-state index contributed by atoms with van der Waals surface area (Å²) >= 11 is 0. The van der Waals surface area contributed by atoms with E-state index in [1.54, 1.807) is 44.2 Å². The average molecular weight is 393 g/mol. The van der Waals surface area contributed by atoms with Gasteiger partial charge in [-0.1, -0.05) is 18.2 Å². The van der Waals surface area contributed by atoms with E-state index in [4.69, 9.17) is 16.9 Å². The number of carbonyl (C=O) groups excluding carboxylic acids is 1. The third-order valence-corrected chi connectivity index (χ3v) is 4.00. The van der Waals surface area contributed by atoms with Crippen LogP contribution >= 0.6 is 0 Å².